The summed E-state index contributed by atoms with van der Waals surface area (Å²) < 4.78 is 6.06. The summed E-state index contributed by atoms with van der Waals surface area (Å²) in [7, 11) is 0. The van der Waals surface area contributed by atoms with E-state index in [-0.39, 0.29) is 18.4 Å². The van der Waals surface area contributed by atoms with Crippen LogP contribution in [0.15, 0.2) is 66.7 Å². The molecule has 5 nitrogen and oxygen atoms in total. The highest BCUT2D eigenvalue weighted by molar-refractivity contribution is 5.89. The molecule has 0 heterocycles. The van der Waals surface area contributed by atoms with Crippen molar-refractivity contribution in [3.05, 3.63) is 100 Å². The molecule has 0 fully saturated rings. The number of hydrogen-bond donors (Lipinski definition) is 1. The first kappa shape index (κ1) is 28.0. The first-order valence-electron chi connectivity index (χ1n) is 12.8. The van der Waals surface area contributed by atoms with Gasteiger partial charge in [0, 0.05) is 18.5 Å². The van der Waals surface area contributed by atoms with Crippen LogP contribution in [0.1, 0.15) is 54.2 Å². The van der Waals surface area contributed by atoms with Gasteiger partial charge in [-0.05, 0) is 82.3 Å². The zero-order valence-corrected chi connectivity index (χ0v) is 23.2. The van der Waals surface area contributed by atoms with Crippen molar-refractivity contribution < 1.29 is 14.3 Å². The van der Waals surface area contributed by atoms with E-state index in [0.29, 0.717) is 18.7 Å². The number of aryl methyl sites for hydroxylation is 3. The molecule has 2 amide bonds. The Morgan fingerprint density at radius 1 is 0.865 bits per heavy atom. The SMILES string of the molecule is Cc1ccc(CN(C(=O)COc2cc(C)cc(C)c2C)[C@H](Cc2ccccc2)C(=O)NC(C)(C)C)cc1. The Bertz CT molecular complexity index is 1210. The third-order valence-electron chi connectivity index (χ3n) is 6.36. The Morgan fingerprint density at radius 3 is 2.14 bits per heavy atom. The monoisotopic (exact) mass is 500 g/mol. The van der Waals surface area contributed by atoms with Crippen molar-refractivity contribution in [2.75, 3.05) is 6.61 Å². The molecule has 0 spiro atoms. The van der Waals surface area contributed by atoms with Gasteiger partial charge in [0.25, 0.3) is 5.91 Å². The molecule has 0 aromatic heterocycles. The van der Waals surface area contributed by atoms with E-state index >= 15 is 0 Å². The summed E-state index contributed by atoms with van der Waals surface area (Å²) in [6.07, 6.45) is 0.406. The van der Waals surface area contributed by atoms with E-state index in [1.165, 1.54) is 0 Å². The van der Waals surface area contributed by atoms with Crippen LogP contribution in [0.5, 0.6) is 5.75 Å². The Kier molecular flexibility index (Phi) is 9.14. The summed E-state index contributed by atoms with van der Waals surface area (Å²) in [5, 5.41) is 3.09. The molecule has 1 N–H and O–H groups in total. The molecule has 0 unspecified atom stereocenters. The van der Waals surface area contributed by atoms with Crippen molar-refractivity contribution in [1.29, 1.82) is 0 Å². The van der Waals surface area contributed by atoms with E-state index < -0.39 is 11.6 Å². The predicted molar refractivity (Wildman–Crippen MR) is 150 cm³/mol. The van der Waals surface area contributed by atoms with E-state index in [4.69, 9.17) is 4.74 Å². The van der Waals surface area contributed by atoms with Crippen molar-refractivity contribution in [3.63, 3.8) is 0 Å². The van der Waals surface area contributed by atoms with E-state index in [1.807, 2.05) is 109 Å². The summed E-state index contributed by atoms with van der Waals surface area (Å²) in [6.45, 7) is 14.1. The highest BCUT2D eigenvalue weighted by Crippen LogP contribution is 2.24. The van der Waals surface area contributed by atoms with Crippen LogP contribution in [0.4, 0.5) is 0 Å². The lowest BCUT2D eigenvalue weighted by molar-refractivity contribution is -0.143. The maximum atomic E-state index is 13.8. The fraction of sp³-hybridized carbons (Fsp3) is 0.375. The molecule has 3 rings (SSSR count). The van der Waals surface area contributed by atoms with Crippen molar-refractivity contribution in [2.24, 2.45) is 0 Å². The molecule has 0 saturated carbocycles. The first-order chi connectivity index (χ1) is 17.4. The van der Waals surface area contributed by atoms with Gasteiger partial charge in [0.2, 0.25) is 5.91 Å². The Labute approximate surface area is 221 Å². The van der Waals surface area contributed by atoms with E-state index in [0.717, 1.165) is 33.4 Å². The van der Waals surface area contributed by atoms with E-state index in [9.17, 15) is 9.59 Å². The van der Waals surface area contributed by atoms with Gasteiger partial charge in [-0.1, -0.05) is 66.2 Å². The molecule has 0 aliphatic heterocycles. The molecule has 0 bridgehead atoms. The summed E-state index contributed by atoms with van der Waals surface area (Å²) in [4.78, 5) is 29.1. The third kappa shape index (κ3) is 8.21. The zero-order valence-electron chi connectivity index (χ0n) is 23.2. The molecule has 0 aliphatic rings. The number of carbonyl (C=O) groups is 2. The van der Waals surface area contributed by atoms with Gasteiger partial charge in [0.1, 0.15) is 11.8 Å². The molecule has 1 atom stereocenters. The standard InChI is InChI=1S/C32H40N2O3/c1-22-13-15-27(16-14-22)20-34(30(35)21-37-29-18-23(2)17-24(3)25(29)4)28(31(36)33-32(5,6)7)19-26-11-9-8-10-12-26/h8-18,28H,19-21H2,1-7H3,(H,33,36)/t28-/m1/s1. The normalized spacial score (nSPS) is 12.1. The molecule has 3 aromatic carbocycles. The molecule has 196 valence electrons. The number of nitrogens with zero attached hydrogens (tertiary/aromatic N) is 1. The Hall–Kier alpha value is -3.60. The molecule has 37 heavy (non-hydrogen) atoms. The second-order valence-electron chi connectivity index (χ2n) is 10.9. The van der Waals surface area contributed by atoms with E-state index in [2.05, 4.69) is 11.4 Å². The largest absolute Gasteiger partial charge is 0.483 e. The van der Waals surface area contributed by atoms with Crippen LogP contribution in [0.3, 0.4) is 0 Å². The van der Waals surface area contributed by atoms with Gasteiger partial charge in [0.15, 0.2) is 6.61 Å². The predicted octanol–water partition coefficient (Wildman–Crippen LogP) is 5.85. The minimum atomic E-state index is -0.695. The van der Waals surface area contributed by atoms with Gasteiger partial charge in [-0.25, -0.2) is 0 Å². The average molecular weight is 501 g/mol. The number of rotatable bonds is 9. The molecule has 0 radical (unpaired) electrons. The lowest BCUT2D eigenvalue weighted by Crippen LogP contribution is -2.55. The van der Waals surface area contributed by atoms with Crippen molar-refractivity contribution >= 4 is 11.8 Å². The second kappa shape index (κ2) is 12.1. The quantitative estimate of drug-likeness (QED) is 0.401. The molecule has 3 aromatic rings. The highest BCUT2D eigenvalue weighted by atomic mass is 16.5. The summed E-state index contributed by atoms with van der Waals surface area (Å²) in [6, 6.07) is 21.2. The van der Waals surface area contributed by atoms with Crippen LogP contribution in [0.25, 0.3) is 0 Å². The summed E-state index contributed by atoms with van der Waals surface area (Å²) in [5.74, 6) is 0.281. The van der Waals surface area contributed by atoms with Crippen LogP contribution in [-0.4, -0.2) is 34.9 Å². The van der Waals surface area contributed by atoms with Gasteiger partial charge < -0.3 is 15.0 Å². The van der Waals surface area contributed by atoms with Crippen LogP contribution >= 0.6 is 0 Å². The fourth-order valence-corrected chi connectivity index (χ4v) is 4.27. The van der Waals surface area contributed by atoms with Crippen LogP contribution in [0.2, 0.25) is 0 Å². The van der Waals surface area contributed by atoms with Crippen molar-refractivity contribution in [3.8, 4) is 5.75 Å². The average Bonchev–Trinajstić information content (AvgIpc) is 2.83. The number of benzene rings is 3. The zero-order chi connectivity index (χ0) is 27.2. The molecular weight excluding hydrogens is 460 g/mol. The first-order valence-corrected chi connectivity index (χ1v) is 12.8. The van der Waals surface area contributed by atoms with Crippen molar-refractivity contribution in [1.82, 2.24) is 10.2 Å². The smallest absolute Gasteiger partial charge is 0.261 e. The fourth-order valence-electron chi connectivity index (χ4n) is 4.27. The van der Waals surface area contributed by atoms with Crippen LogP contribution < -0.4 is 10.1 Å². The molecule has 0 aliphatic carbocycles. The number of amides is 2. The number of hydrogen-bond acceptors (Lipinski definition) is 3. The minimum Gasteiger partial charge on any atom is -0.483 e. The summed E-state index contributed by atoms with van der Waals surface area (Å²) >= 11 is 0. The maximum Gasteiger partial charge on any atom is 0.261 e. The lowest BCUT2D eigenvalue weighted by atomic mass is 10.0. The van der Waals surface area contributed by atoms with Gasteiger partial charge in [-0.2, -0.15) is 0 Å². The highest BCUT2D eigenvalue weighted by Gasteiger charge is 2.32. The minimum absolute atomic E-state index is 0.149. The van der Waals surface area contributed by atoms with Crippen LogP contribution in [-0.2, 0) is 22.6 Å². The number of ether oxygens (including phenoxy) is 1. The Balaban J connectivity index is 1.95. The van der Waals surface area contributed by atoms with Crippen molar-refractivity contribution in [2.45, 2.75) is 73.0 Å². The van der Waals surface area contributed by atoms with Gasteiger partial charge in [0.05, 0.1) is 0 Å². The maximum absolute atomic E-state index is 13.8. The summed E-state index contributed by atoms with van der Waals surface area (Å²) in [5.41, 5.74) is 5.86. The van der Waals surface area contributed by atoms with Gasteiger partial charge >= 0.3 is 0 Å². The molecule has 0 saturated heterocycles. The molecular formula is C32H40N2O3. The topological polar surface area (TPSA) is 58.6 Å². The van der Waals surface area contributed by atoms with Gasteiger partial charge in [-0.3, -0.25) is 9.59 Å². The number of nitrogens with one attached hydrogen (secondary N) is 1. The number of carbonyl (C=O) groups excluding carboxylic acids is 2. The molecule has 5 heteroatoms. The second-order valence-corrected chi connectivity index (χ2v) is 10.9. The van der Waals surface area contributed by atoms with E-state index in [1.54, 1.807) is 4.90 Å². The lowest BCUT2D eigenvalue weighted by Gasteiger charge is -2.34. The Morgan fingerprint density at radius 2 is 1.51 bits per heavy atom. The van der Waals surface area contributed by atoms with Gasteiger partial charge in [-0.15, -0.1) is 0 Å². The third-order valence-corrected chi connectivity index (χ3v) is 6.36. The van der Waals surface area contributed by atoms with Crippen LogP contribution in [0, 0.1) is 27.7 Å².